The molecule has 1 N–H and O–H groups in total. The Balaban J connectivity index is 2.09. The lowest BCUT2D eigenvalue weighted by molar-refractivity contribution is -0.116. The van der Waals surface area contributed by atoms with E-state index in [1.165, 1.54) is 4.90 Å². The molecule has 0 bridgehead atoms. The lowest BCUT2D eigenvalue weighted by atomic mass is 10.1. The van der Waals surface area contributed by atoms with Gasteiger partial charge in [-0.3, -0.25) is 14.3 Å². The Hall–Kier alpha value is -2.63. The van der Waals surface area contributed by atoms with Crippen LogP contribution in [-0.4, -0.2) is 40.1 Å². The molecule has 1 aromatic heterocycles. The zero-order valence-corrected chi connectivity index (χ0v) is 16.5. The van der Waals surface area contributed by atoms with E-state index in [1.54, 1.807) is 11.7 Å². The zero-order valence-electron chi connectivity index (χ0n) is 16.5. The van der Waals surface area contributed by atoms with Crippen molar-refractivity contribution in [3.05, 3.63) is 46.8 Å². The molecule has 1 aromatic carbocycles. The third kappa shape index (κ3) is 4.50. The van der Waals surface area contributed by atoms with E-state index < -0.39 is 0 Å². The molecule has 0 unspecified atom stereocenters. The van der Waals surface area contributed by atoms with Crippen molar-refractivity contribution < 1.29 is 9.59 Å². The van der Waals surface area contributed by atoms with Crippen LogP contribution in [0.5, 0.6) is 0 Å². The van der Waals surface area contributed by atoms with Crippen LogP contribution < -0.4 is 5.32 Å². The molecule has 0 atom stereocenters. The average molecular weight is 356 g/mol. The molecule has 6 heteroatoms. The maximum Gasteiger partial charge on any atom is 0.272 e. The molecule has 0 saturated heterocycles. The van der Waals surface area contributed by atoms with Gasteiger partial charge in [-0.25, -0.2) is 0 Å². The minimum Gasteiger partial charge on any atom is -0.331 e. The van der Waals surface area contributed by atoms with Crippen LogP contribution in [0.4, 0.5) is 5.69 Å². The maximum atomic E-state index is 12.8. The Labute approximate surface area is 155 Å². The average Bonchev–Trinajstić information content (AvgIpc) is 3.02. The molecule has 0 radical (unpaired) electrons. The van der Waals surface area contributed by atoms with Crippen LogP contribution in [0.25, 0.3) is 0 Å². The van der Waals surface area contributed by atoms with Gasteiger partial charge in [-0.1, -0.05) is 26.0 Å². The summed E-state index contributed by atoms with van der Waals surface area (Å²) < 4.78 is 1.69. The van der Waals surface area contributed by atoms with E-state index in [1.807, 2.05) is 58.9 Å². The molecule has 140 valence electrons. The summed E-state index contributed by atoms with van der Waals surface area (Å²) >= 11 is 0. The maximum absolute atomic E-state index is 12.8. The van der Waals surface area contributed by atoms with Crippen molar-refractivity contribution in [2.75, 3.05) is 18.9 Å². The first kappa shape index (κ1) is 19.7. The highest BCUT2D eigenvalue weighted by Gasteiger charge is 2.21. The van der Waals surface area contributed by atoms with Crippen molar-refractivity contribution in [3.63, 3.8) is 0 Å². The molecule has 6 nitrogen and oxygen atoms in total. The van der Waals surface area contributed by atoms with E-state index in [-0.39, 0.29) is 24.3 Å². The number of likely N-dealkylation sites (N-methyl/N-ethyl adjacent to an activating group) is 1. The molecule has 1 heterocycles. The summed E-state index contributed by atoms with van der Waals surface area (Å²) in [5.74, 6) is -0.184. The van der Waals surface area contributed by atoms with Gasteiger partial charge in [0.25, 0.3) is 5.91 Å². The number of benzene rings is 1. The Kier molecular flexibility index (Phi) is 6.18. The Bertz CT molecular complexity index is 808. The molecule has 0 aliphatic rings. The van der Waals surface area contributed by atoms with Crippen LogP contribution in [0.2, 0.25) is 0 Å². The predicted octanol–water partition coefficient (Wildman–Crippen LogP) is 3.35. The smallest absolute Gasteiger partial charge is 0.272 e. The Morgan fingerprint density at radius 3 is 2.54 bits per heavy atom. The summed E-state index contributed by atoms with van der Waals surface area (Å²) in [5.41, 5.74) is 4.23. The summed E-state index contributed by atoms with van der Waals surface area (Å²) in [5, 5.41) is 7.35. The first-order valence-corrected chi connectivity index (χ1v) is 8.93. The van der Waals surface area contributed by atoms with Crippen LogP contribution in [-0.2, 0) is 11.3 Å². The Morgan fingerprint density at radius 1 is 1.23 bits per heavy atom. The molecule has 26 heavy (non-hydrogen) atoms. The number of carbonyl (C=O) groups is 2. The summed E-state index contributed by atoms with van der Waals surface area (Å²) in [4.78, 5) is 26.5. The number of nitrogens with zero attached hydrogens (tertiary/aromatic N) is 3. The Morgan fingerprint density at radius 2 is 1.92 bits per heavy atom. The number of nitrogens with one attached hydrogen (secondary N) is 1. The minimum atomic E-state index is -0.221. The van der Waals surface area contributed by atoms with Gasteiger partial charge in [-0.05, 0) is 49.9 Å². The van der Waals surface area contributed by atoms with Gasteiger partial charge in [0.2, 0.25) is 5.91 Å². The number of hydrogen-bond donors (Lipinski definition) is 1. The van der Waals surface area contributed by atoms with Gasteiger partial charge in [0.05, 0.1) is 12.2 Å². The number of aromatic nitrogens is 2. The van der Waals surface area contributed by atoms with Crippen LogP contribution in [0.15, 0.2) is 24.3 Å². The topological polar surface area (TPSA) is 67.2 Å². The number of amides is 2. The van der Waals surface area contributed by atoms with E-state index in [0.717, 1.165) is 22.5 Å². The standard InChI is InChI=1S/C20H28N4O2/c1-7-24-18(11-16(22-24)13(2)3)20(26)23(6)12-19(25)21-17-10-14(4)8-9-15(17)5/h8-11,13H,7,12H2,1-6H3,(H,21,25). The largest absolute Gasteiger partial charge is 0.331 e. The van der Waals surface area contributed by atoms with Crippen molar-refractivity contribution >= 4 is 17.5 Å². The van der Waals surface area contributed by atoms with Crippen molar-refractivity contribution in [3.8, 4) is 0 Å². The van der Waals surface area contributed by atoms with Gasteiger partial charge in [-0.2, -0.15) is 5.10 Å². The highest BCUT2D eigenvalue weighted by molar-refractivity contribution is 5.98. The van der Waals surface area contributed by atoms with E-state index in [4.69, 9.17) is 0 Å². The lowest BCUT2D eigenvalue weighted by Gasteiger charge is -2.18. The summed E-state index contributed by atoms with van der Waals surface area (Å²) in [6, 6.07) is 7.71. The van der Waals surface area contributed by atoms with Gasteiger partial charge in [0.15, 0.2) is 0 Å². The van der Waals surface area contributed by atoms with E-state index in [0.29, 0.717) is 12.2 Å². The zero-order chi connectivity index (χ0) is 19.4. The van der Waals surface area contributed by atoms with Crippen LogP contribution in [0, 0.1) is 13.8 Å². The van der Waals surface area contributed by atoms with Crippen molar-refractivity contribution in [1.29, 1.82) is 0 Å². The van der Waals surface area contributed by atoms with Crippen molar-refractivity contribution in [2.24, 2.45) is 0 Å². The number of aryl methyl sites for hydroxylation is 3. The number of rotatable bonds is 6. The number of anilines is 1. The van der Waals surface area contributed by atoms with Crippen molar-refractivity contribution in [1.82, 2.24) is 14.7 Å². The second-order valence-electron chi connectivity index (χ2n) is 6.95. The number of carbonyl (C=O) groups excluding carboxylic acids is 2. The molecule has 0 aliphatic carbocycles. The highest BCUT2D eigenvalue weighted by atomic mass is 16.2. The predicted molar refractivity (Wildman–Crippen MR) is 103 cm³/mol. The van der Waals surface area contributed by atoms with Gasteiger partial charge in [0.1, 0.15) is 5.69 Å². The normalized spacial score (nSPS) is 10.9. The fraction of sp³-hybridized carbons (Fsp3) is 0.450. The highest BCUT2D eigenvalue weighted by Crippen LogP contribution is 2.17. The van der Waals surface area contributed by atoms with Crippen LogP contribution in [0.3, 0.4) is 0 Å². The van der Waals surface area contributed by atoms with E-state index >= 15 is 0 Å². The quantitative estimate of drug-likeness (QED) is 0.863. The van der Waals surface area contributed by atoms with Gasteiger partial charge >= 0.3 is 0 Å². The van der Waals surface area contributed by atoms with Crippen LogP contribution in [0.1, 0.15) is 54.0 Å². The third-order valence-electron chi connectivity index (χ3n) is 4.30. The van der Waals surface area contributed by atoms with E-state index in [9.17, 15) is 9.59 Å². The first-order valence-electron chi connectivity index (χ1n) is 8.93. The fourth-order valence-corrected chi connectivity index (χ4v) is 2.68. The van der Waals surface area contributed by atoms with Gasteiger partial charge in [0, 0.05) is 19.3 Å². The minimum absolute atomic E-state index is 0.0158. The molecular formula is C20H28N4O2. The molecule has 0 spiro atoms. The van der Waals surface area contributed by atoms with Crippen LogP contribution >= 0.6 is 0 Å². The first-order chi connectivity index (χ1) is 12.2. The summed E-state index contributed by atoms with van der Waals surface area (Å²) in [6.45, 7) is 10.5. The molecule has 0 aliphatic heterocycles. The summed E-state index contributed by atoms with van der Waals surface area (Å²) in [7, 11) is 1.63. The van der Waals surface area contributed by atoms with E-state index in [2.05, 4.69) is 10.4 Å². The fourth-order valence-electron chi connectivity index (χ4n) is 2.68. The molecule has 2 amide bonds. The third-order valence-corrected chi connectivity index (χ3v) is 4.30. The number of hydrogen-bond acceptors (Lipinski definition) is 3. The van der Waals surface area contributed by atoms with Crippen molar-refractivity contribution in [2.45, 2.75) is 47.1 Å². The molecule has 2 aromatic rings. The van der Waals surface area contributed by atoms with Gasteiger partial charge < -0.3 is 10.2 Å². The molecular weight excluding hydrogens is 328 g/mol. The monoisotopic (exact) mass is 356 g/mol. The molecule has 0 saturated carbocycles. The molecule has 0 fully saturated rings. The lowest BCUT2D eigenvalue weighted by Crippen LogP contribution is -2.36. The second kappa shape index (κ2) is 8.17. The SMILES string of the molecule is CCn1nc(C(C)C)cc1C(=O)N(C)CC(=O)Nc1cc(C)ccc1C. The van der Waals surface area contributed by atoms with Gasteiger partial charge in [-0.15, -0.1) is 0 Å². The second-order valence-corrected chi connectivity index (χ2v) is 6.95. The summed E-state index contributed by atoms with van der Waals surface area (Å²) in [6.07, 6.45) is 0. The molecule has 2 rings (SSSR count).